The largest absolute Gasteiger partial charge is 0.491 e. The van der Waals surface area contributed by atoms with Crippen molar-refractivity contribution < 1.29 is 18.3 Å². The van der Waals surface area contributed by atoms with Gasteiger partial charge in [-0.25, -0.2) is 0 Å². The summed E-state index contributed by atoms with van der Waals surface area (Å²) in [6, 6.07) is 0. The van der Waals surface area contributed by atoms with Crippen molar-refractivity contribution in [1.82, 2.24) is 0 Å². The zero-order valence-electron chi connectivity index (χ0n) is 15.8. The van der Waals surface area contributed by atoms with E-state index in [4.69, 9.17) is 9.47 Å². The van der Waals surface area contributed by atoms with Crippen LogP contribution in [0.4, 0.5) is 8.78 Å². The van der Waals surface area contributed by atoms with Crippen LogP contribution in [0.25, 0.3) is 0 Å². The molecule has 0 amide bonds. The molecule has 0 aromatic carbocycles. The second kappa shape index (κ2) is 9.57. The summed E-state index contributed by atoms with van der Waals surface area (Å²) in [5, 5.41) is 0. The Hall–Kier alpha value is -1.32. The van der Waals surface area contributed by atoms with E-state index in [1.54, 1.807) is 6.08 Å². The maximum atomic E-state index is 14.2. The Balaban J connectivity index is 1.42. The van der Waals surface area contributed by atoms with E-state index < -0.39 is 11.7 Å². The number of halogens is 2. The van der Waals surface area contributed by atoms with Gasteiger partial charge in [-0.1, -0.05) is 38.7 Å². The van der Waals surface area contributed by atoms with E-state index in [9.17, 15) is 8.78 Å². The molecule has 0 N–H and O–H groups in total. The van der Waals surface area contributed by atoms with Gasteiger partial charge in [-0.15, -0.1) is 0 Å². The smallest absolute Gasteiger partial charge is 0.204 e. The molecule has 0 atom stereocenters. The van der Waals surface area contributed by atoms with Crippen molar-refractivity contribution in [2.45, 2.75) is 70.6 Å². The van der Waals surface area contributed by atoms with Gasteiger partial charge in [-0.05, 0) is 62.4 Å². The molecule has 146 valence electrons. The lowest BCUT2D eigenvalue weighted by atomic mass is 9.71. The molecule has 2 saturated carbocycles. The lowest BCUT2D eigenvalue weighted by Gasteiger charge is -2.35. The molecule has 0 aromatic rings. The molecular weight excluding hydrogens is 334 g/mol. The van der Waals surface area contributed by atoms with E-state index in [1.165, 1.54) is 44.9 Å². The Morgan fingerprint density at radius 3 is 2.35 bits per heavy atom. The van der Waals surface area contributed by atoms with Crippen LogP contribution in [-0.4, -0.2) is 13.2 Å². The van der Waals surface area contributed by atoms with Crippen molar-refractivity contribution in [3.8, 4) is 0 Å². The highest BCUT2D eigenvalue weighted by atomic mass is 19.2. The van der Waals surface area contributed by atoms with Gasteiger partial charge in [0.25, 0.3) is 0 Å². The first-order valence-electron chi connectivity index (χ1n) is 10.4. The predicted octanol–water partition coefficient (Wildman–Crippen LogP) is 6.75. The minimum atomic E-state index is -1.03. The van der Waals surface area contributed by atoms with Gasteiger partial charge in [0.1, 0.15) is 0 Å². The molecule has 3 aliphatic rings. The van der Waals surface area contributed by atoms with Gasteiger partial charge in [0.2, 0.25) is 11.7 Å². The number of rotatable bonds is 6. The van der Waals surface area contributed by atoms with E-state index >= 15 is 0 Å². The first kappa shape index (κ1) is 19.4. The van der Waals surface area contributed by atoms with Crippen molar-refractivity contribution >= 4 is 0 Å². The molecule has 0 unspecified atom stereocenters. The van der Waals surface area contributed by atoms with Gasteiger partial charge in [0.05, 0.1) is 13.2 Å². The normalized spacial score (nSPS) is 28.6. The highest BCUT2D eigenvalue weighted by molar-refractivity contribution is 5.31. The molecule has 3 rings (SSSR count). The zero-order valence-corrected chi connectivity index (χ0v) is 15.8. The molecule has 0 bridgehead atoms. The van der Waals surface area contributed by atoms with Crippen LogP contribution in [0.2, 0.25) is 0 Å². The molecule has 26 heavy (non-hydrogen) atoms. The second-order valence-corrected chi connectivity index (χ2v) is 8.10. The molecule has 0 aromatic heterocycles. The molecule has 4 heteroatoms. The third kappa shape index (κ3) is 5.11. The van der Waals surface area contributed by atoms with Crippen LogP contribution in [0.15, 0.2) is 35.8 Å². The monoisotopic (exact) mass is 366 g/mol. The van der Waals surface area contributed by atoms with Gasteiger partial charge >= 0.3 is 0 Å². The van der Waals surface area contributed by atoms with Crippen LogP contribution in [0.1, 0.15) is 70.6 Å². The van der Waals surface area contributed by atoms with Gasteiger partial charge in [0, 0.05) is 0 Å². The molecule has 0 spiro atoms. The topological polar surface area (TPSA) is 18.5 Å². The Kier molecular flexibility index (Phi) is 7.15. The van der Waals surface area contributed by atoms with E-state index in [2.05, 4.69) is 6.58 Å². The first-order valence-corrected chi connectivity index (χ1v) is 10.4. The molecule has 2 aliphatic carbocycles. The molecule has 2 fully saturated rings. The Morgan fingerprint density at radius 2 is 1.69 bits per heavy atom. The average molecular weight is 366 g/mol. The summed E-state index contributed by atoms with van der Waals surface area (Å²) in [6.45, 7) is 4.41. The van der Waals surface area contributed by atoms with E-state index in [0.29, 0.717) is 25.6 Å². The fraction of sp³-hybridized carbons (Fsp3) is 0.727. The van der Waals surface area contributed by atoms with Crippen LogP contribution in [0.3, 0.4) is 0 Å². The Bertz CT molecular complexity index is 538. The number of ether oxygens (including phenoxy) is 2. The summed E-state index contributed by atoms with van der Waals surface area (Å²) in [6.07, 6.45) is 14.8. The van der Waals surface area contributed by atoms with Crippen LogP contribution in [0, 0.1) is 17.8 Å². The summed E-state index contributed by atoms with van der Waals surface area (Å²) in [7, 11) is 0. The lowest BCUT2D eigenvalue weighted by molar-refractivity contribution is 0.104. The Labute approximate surface area is 156 Å². The van der Waals surface area contributed by atoms with Crippen LogP contribution >= 0.6 is 0 Å². The van der Waals surface area contributed by atoms with Gasteiger partial charge in [-0.2, -0.15) is 8.78 Å². The second-order valence-electron chi connectivity index (χ2n) is 8.10. The van der Waals surface area contributed by atoms with E-state index in [0.717, 1.165) is 31.1 Å². The van der Waals surface area contributed by atoms with Crippen molar-refractivity contribution in [2.75, 3.05) is 13.2 Å². The summed E-state index contributed by atoms with van der Waals surface area (Å²) >= 11 is 0. The molecule has 2 nitrogen and oxygen atoms in total. The molecule has 0 saturated heterocycles. The summed E-state index contributed by atoms with van der Waals surface area (Å²) in [5.41, 5.74) is 0. The van der Waals surface area contributed by atoms with Crippen molar-refractivity contribution in [2.24, 2.45) is 17.8 Å². The molecule has 1 heterocycles. The van der Waals surface area contributed by atoms with Crippen LogP contribution in [0.5, 0.6) is 0 Å². The van der Waals surface area contributed by atoms with Gasteiger partial charge in [0.15, 0.2) is 11.5 Å². The standard InChI is InChI=1S/C22H32F2O2/c1-16(21(23)22(24)20-9-5-6-14-25-20)26-15-17-10-12-19(13-11-17)18-7-3-2-4-8-18/h9,17-19H,1-8,10-15H2/b22-21-. The third-order valence-corrected chi connectivity index (χ3v) is 6.29. The zero-order chi connectivity index (χ0) is 18.4. The van der Waals surface area contributed by atoms with Crippen LogP contribution in [-0.2, 0) is 9.47 Å². The van der Waals surface area contributed by atoms with Crippen molar-refractivity contribution in [3.05, 3.63) is 35.8 Å². The number of hydrogen-bond acceptors (Lipinski definition) is 2. The quantitative estimate of drug-likeness (QED) is 0.382. The average Bonchev–Trinajstić information content (AvgIpc) is 2.72. The highest BCUT2D eigenvalue weighted by Crippen LogP contribution is 2.40. The summed E-state index contributed by atoms with van der Waals surface area (Å²) < 4.78 is 39.0. The third-order valence-electron chi connectivity index (χ3n) is 6.29. The fourth-order valence-electron chi connectivity index (χ4n) is 4.65. The summed E-state index contributed by atoms with van der Waals surface area (Å²) in [5.74, 6) is -0.0612. The molecule has 0 radical (unpaired) electrons. The van der Waals surface area contributed by atoms with Crippen LogP contribution < -0.4 is 0 Å². The van der Waals surface area contributed by atoms with Gasteiger partial charge < -0.3 is 9.47 Å². The lowest BCUT2D eigenvalue weighted by Crippen LogP contribution is -2.25. The van der Waals surface area contributed by atoms with Crippen molar-refractivity contribution in [1.29, 1.82) is 0 Å². The maximum Gasteiger partial charge on any atom is 0.204 e. The minimum Gasteiger partial charge on any atom is -0.491 e. The Morgan fingerprint density at radius 1 is 1.00 bits per heavy atom. The summed E-state index contributed by atoms with van der Waals surface area (Å²) in [4.78, 5) is 0. The first-order chi connectivity index (χ1) is 12.6. The van der Waals surface area contributed by atoms with E-state index in [1.807, 2.05) is 0 Å². The van der Waals surface area contributed by atoms with E-state index in [-0.39, 0.29) is 11.5 Å². The number of allylic oxidation sites excluding steroid dienone is 3. The van der Waals surface area contributed by atoms with Gasteiger partial charge in [-0.3, -0.25) is 0 Å². The minimum absolute atomic E-state index is 0.0218. The van der Waals surface area contributed by atoms with Crippen molar-refractivity contribution in [3.63, 3.8) is 0 Å². The SMILES string of the molecule is C=C(OCC1CCC(C2CCCCC2)CC1)/C(F)=C(/F)C1=CCCCO1. The maximum absolute atomic E-state index is 14.2. The fourth-order valence-corrected chi connectivity index (χ4v) is 4.65. The highest BCUT2D eigenvalue weighted by Gasteiger charge is 2.29. The molecular formula is C22H32F2O2. The number of hydrogen-bond donors (Lipinski definition) is 0. The molecule has 1 aliphatic heterocycles. The predicted molar refractivity (Wildman–Crippen MR) is 99.6 cm³/mol.